The minimum absolute atomic E-state index is 0.0997. The zero-order valence-electron chi connectivity index (χ0n) is 11.6. The van der Waals surface area contributed by atoms with Crippen molar-refractivity contribution in [3.8, 4) is 5.88 Å². The molecule has 0 atom stereocenters. The summed E-state index contributed by atoms with van der Waals surface area (Å²) < 4.78 is 27.6. The van der Waals surface area contributed by atoms with Gasteiger partial charge in [-0.15, -0.1) is 0 Å². The Balaban J connectivity index is 2.01. The molecule has 0 radical (unpaired) electrons. The minimum atomic E-state index is -3.65. The standard InChI is InChI=1S/C14H17N3O3S/c1-2-20-14-5-3-4-13(17-14)16-10-11-6-8-12(9-7-11)21(15,18)19/h3-9H,2,10H2,1H3,(H,16,17)(H2,15,18,19). The number of primary sulfonamides is 1. The van der Waals surface area contributed by atoms with Crippen molar-refractivity contribution in [3.05, 3.63) is 48.0 Å². The molecular formula is C14H17N3O3S. The molecular weight excluding hydrogens is 290 g/mol. The second kappa shape index (κ2) is 6.55. The van der Waals surface area contributed by atoms with Crippen LogP contribution in [-0.4, -0.2) is 20.0 Å². The van der Waals surface area contributed by atoms with E-state index in [9.17, 15) is 8.42 Å². The van der Waals surface area contributed by atoms with Gasteiger partial charge in [0.05, 0.1) is 11.5 Å². The second-order valence-corrected chi connectivity index (χ2v) is 5.90. The highest BCUT2D eigenvalue weighted by molar-refractivity contribution is 7.89. The summed E-state index contributed by atoms with van der Waals surface area (Å²) in [5.41, 5.74) is 0.922. The molecule has 3 N–H and O–H groups in total. The predicted octanol–water partition coefficient (Wildman–Crippen LogP) is 1.74. The van der Waals surface area contributed by atoms with Crippen molar-refractivity contribution in [3.63, 3.8) is 0 Å². The molecule has 0 spiro atoms. The van der Waals surface area contributed by atoms with Crippen LogP contribution in [0.15, 0.2) is 47.4 Å². The van der Waals surface area contributed by atoms with Crippen LogP contribution in [0.2, 0.25) is 0 Å². The summed E-state index contributed by atoms with van der Waals surface area (Å²) in [6.07, 6.45) is 0. The Kier molecular flexibility index (Phi) is 4.77. The van der Waals surface area contributed by atoms with Crippen LogP contribution in [0, 0.1) is 0 Å². The van der Waals surface area contributed by atoms with Crippen molar-refractivity contribution in [2.45, 2.75) is 18.4 Å². The highest BCUT2D eigenvalue weighted by Gasteiger charge is 2.06. The van der Waals surface area contributed by atoms with E-state index >= 15 is 0 Å². The van der Waals surface area contributed by atoms with Crippen molar-refractivity contribution in [2.75, 3.05) is 11.9 Å². The van der Waals surface area contributed by atoms with Gasteiger partial charge in [-0.3, -0.25) is 0 Å². The van der Waals surface area contributed by atoms with Crippen LogP contribution in [0.1, 0.15) is 12.5 Å². The number of anilines is 1. The third kappa shape index (κ3) is 4.44. The van der Waals surface area contributed by atoms with E-state index in [1.165, 1.54) is 12.1 Å². The first-order valence-electron chi connectivity index (χ1n) is 6.44. The average molecular weight is 307 g/mol. The Labute approximate surface area is 124 Å². The van der Waals surface area contributed by atoms with Gasteiger partial charge in [0, 0.05) is 12.6 Å². The first-order valence-corrected chi connectivity index (χ1v) is 7.99. The minimum Gasteiger partial charge on any atom is -0.478 e. The van der Waals surface area contributed by atoms with Crippen LogP contribution in [0.3, 0.4) is 0 Å². The Morgan fingerprint density at radius 3 is 2.52 bits per heavy atom. The molecule has 7 heteroatoms. The van der Waals surface area contributed by atoms with Crippen molar-refractivity contribution in [1.29, 1.82) is 0 Å². The van der Waals surface area contributed by atoms with Gasteiger partial charge < -0.3 is 10.1 Å². The summed E-state index contributed by atoms with van der Waals surface area (Å²) in [6, 6.07) is 11.9. The number of hydrogen-bond donors (Lipinski definition) is 2. The predicted molar refractivity (Wildman–Crippen MR) is 80.5 cm³/mol. The Morgan fingerprint density at radius 2 is 1.90 bits per heavy atom. The van der Waals surface area contributed by atoms with E-state index in [0.29, 0.717) is 24.8 Å². The molecule has 0 fully saturated rings. The van der Waals surface area contributed by atoms with Crippen LogP contribution in [0.4, 0.5) is 5.82 Å². The van der Waals surface area contributed by atoms with Crippen LogP contribution >= 0.6 is 0 Å². The number of sulfonamides is 1. The number of nitrogens with one attached hydrogen (secondary N) is 1. The lowest BCUT2D eigenvalue weighted by Gasteiger charge is -2.08. The molecule has 1 aromatic heterocycles. The van der Waals surface area contributed by atoms with Gasteiger partial charge in [0.25, 0.3) is 0 Å². The fraction of sp³-hybridized carbons (Fsp3) is 0.214. The van der Waals surface area contributed by atoms with Crippen molar-refractivity contribution in [2.24, 2.45) is 5.14 Å². The molecule has 1 aromatic carbocycles. The van der Waals surface area contributed by atoms with E-state index in [1.54, 1.807) is 18.2 Å². The molecule has 0 saturated heterocycles. The number of benzene rings is 1. The summed E-state index contributed by atoms with van der Waals surface area (Å²) in [5, 5.41) is 8.20. The zero-order valence-corrected chi connectivity index (χ0v) is 12.4. The topological polar surface area (TPSA) is 94.3 Å². The van der Waals surface area contributed by atoms with E-state index in [-0.39, 0.29) is 4.90 Å². The van der Waals surface area contributed by atoms with E-state index in [1.807, 2.05) is 19.1 Å². The smallest absolute Gasteiger partial charge is 0.238 e. The summed E-state index contributed by atoms with van der Waals surface area (Å²) >= 11 is 0. The molecule has 0 aliphatic carbocycles. The summed E-state index contributed by atoms with van der Waals surface area (Å²) in [5.74, 6) is 1.25. The molecule has 112 valence electrons. The summed E-state index contributed by atoms with van der Waals surface area (Å²) in [7, 11) is -3.65. The molecule has 0 saturated carbocycles. The van der Waals surface area contributed by atoms with E-state index < -0.39 is 10.0 Å². The largest absolute Gasteiger partial charge is 0.478 e. The molecule has 21 heavy (non-hydrogen) atoms. The van der Waals surface area contributed by atoms with Crippen LogP contribution in [-0.2, 0) is 16.6 Å². The van der Waals surface area contributed by atoms with E-state index in [4.69, 9.17) is 9.88 Å². The quantitative estimate of drug-likeness (QED) is 0.847. The molecule has 0 aliphatic heterocycles. The van der Waals surface area contributed by atoms with Crippen LogP contribution in [0.5, 0.6) is 5.88 Å². The molecule has 0 unspecified atom stereocenters. The lowest BCUT2D eigenvalue weighted by molar-refractivity contribution is 0.327. The fourth-order valence-electron chi connectivity index (χ4n) is 1.73. The maximum absolute atomic E-state index is 11.2. The number of rotatable bonds is 6. The molecule has 0 aliphatic rings. The summed E-state index contributed by atoms with van der Waals surface area (Å²) in [6.45, 7) is 2.98. The third-order valence-corrected chi connectivity index (χ3v) is 3.67. The highest BCUT2D eigenvalue weighted by atomic mass is 32.2. The maximum atomic E-state index is 11.2. The van der Waals surface area contributed by atoms with Crippen molar-refractivity contribution in [1.82, 2.24) is 4.98 Å². The normalized spacial score (nSPS) is 11.1. The number of aromatic nitrogens is 1. The number of nitrogens with zero attached hydrogens (tertiary/aromatic N) is 1. The van der Waals surface area contributed by atoms with Gasteiger partial charge in [-0.2, -0.15) is 4.98 Å². The lowest BCUT2D eigenvalue weighted by atomic mass is 10.2. The molecule has 0 bridgehead atoms. The van der Waals surface area contributed by atoms with Gasteiger partial charge in [0.1, 0.15) is 5.82 Å². The van der Waals surface area contributed by atoms with Gasteiger partial charge in [-0.1, -0.05) is 18.2 Å². The fourth-order valence-corrected chi connectivity index (χ4v) is 2.25. The second-order valence-electron chi connectivity index (χ2n) is 4.34. The molecule has 2 aromatic rings. The SMILES string of the molecule is CCOc1cccc(NCc2ccc(S(N)(=O)=O)cc2)n1. The van der Waals surface area contributed by atoms with Gasteiger partial charge >= 0.3 is 0 Å². The van der Waals surface area contributed by atoms with Crippen LogP contribution in [0.25, 0.3) is 0 Å². The number of ether oxygens (including phenoxy) is 1. The maximum Gasteiger partial charge on any atom is 0.238 e. The Hall–Kier alpha value is -2.12. The monoisotopic (exact) mass is 307 g/mol. The van der Waals surface area contributed by atoms with Crippen molar-refractivity contribution >= 4 is 15.8 Å². The average Bonchev–Trinajstić information content (AvgIpc) is 2.45. The molecule has 6 nitrogen and oxygen atoms in total. The zero-order chi connectivity index (χ0) is 15.3. The molecule has 2 rings (SSSR count). The Morgan fingerprint density at radius 1 is 1.19 bits per heavy atom. The van der Waals surface area contributed by atoms with Gasteiger partial charge in [0.2, 0.25) is 15.9 Å². The highest BCUT2D eigenvalue weighted by Crippen LogP contribution is 2.13. The number of pyridine rings is 1. The van der Waals surface area contributed by atoms with Crippen molar-refractivity contribution < 1.29 is 13.2 Å². The Bertz CT molecular complexity index is 700. The lowest BCUT2D eigenvalue weighted by Crippen LogP contribution is -2.12. The first-order chi connectivity index (χ1) is 9.99. The number of hydrogen-bond acceptors (Lipinski definition) is 5. The molecule has 1 heterocycles. The summed E-state index contributed by atoms with van der Waals surface area (Å²) in [4.78, 5) is 4.38. The van der Waals surface area contributed by atoms with Gasteiger partial charge in [-0.25, -0.2) is 13.6 Å². The molecule has 0 amide bonds. The number of nitrogens with two attached hydrogens (primary N) is 1. The van der Waals surface area contributed by atoms with Crippen LogP contribution < -0.4 is 15.2 Å². The first kappa shape index (κ1) is 15.3. The van der Waals surface area contributed by atoms with E-state index in [0.717, 1.165) is 5.56 Å². The van der Waals surface area contributed by atoms with Gasteiger partial charge in [0.15, 0.2) is 0 Å². The van der Waals surface area contributed by atoms with E-state index in [2.05, 4.69) is 10.3 Å². The van der Waals surface area contributed by atoms with Gasteiger partial charge in [-0.05, 0) is 30.7 Å². The third-order valence-electron chi connectivity index (χ3n) is 2.74.